The zero-order chi connectivity index (χ0) is 19.6. The van der Waals surface area contributed by atoms with E-state index in [2.05, 4.69) is 9.59 Å². The molecule has 142 valence electrons. The van der Waals surface area contributed by atoms with Crippen LogP contribution in [0.25, 0.3) is 0 Å². The Morgan fingerprint density at radius 1 is 1.07 bits per heavy atom. The van der Waals surface area contributed by atoms with Gasteiger partial charge < -0.3 is 4.74 Å². The third-order valence-electron chi connectivity index (χ3n) is 3.64. The minimum absolute atomic E-state index is 0.00738. The highest BCUT2D eigenvalue weighted by molar-refractivity contribution is 7.92. The number of hydrogen-bond donors (Lipinski definition) is 0. The van der Waals surface area contributed by atoms with E-state index >= 15 is 0 Å². The Hall–Kier alpha value is -1.58. The molecule has 0 amide bonds. The van der Waals surface area contributed by atoms with Crippen LogP contribution in [-0.4, -0.2) is 25.1 Å². The van der Waals surface area contributed by atoms with E-state index in [0.717, 1.165) is 11.5 Å². The lowest BCUT2D eigenvalue weighted by Gasteiger charge is -2.24. The van der Waals surface area contributed by atoms with Crippen LogP contribution in [0.1, 0.15) is 5.69 Å². The molecule has 0 N–H and O–H groups in total. The first-order valence-corrected chi connectivity index (χ1v) is 10.8. The number of rotatable bonds is 6. The van der Waals surface area contributed by atoms with Gasteiger partial charge in [-0.15, -0.1) is 5.10 Å². The van der Waals surface area contributed by atoms with Gasteiger partial charge in [0, 0.05) is 11.5 Å². The highest BCUT2D eigenvalue weighted by atomic mass is 35.5. The van der Waals surface area contributed by atoms with E-state index in [9.17, 15) is 8.42 Å². The molecule has 6 nitrogen and oxygen atoms in total. The average molecular weight is 465 g/mol. The molecule has 27 heavy (non-hydrogen) atoms. The number of halogens is 3. The first kappa shape index (κ1) is 20.2. The van der Waals surface area contributed by atoms with Crippen molar-refractivity contribution in [2.45, 2.75) is 11.4 Å². The monoisotopic (exact) mass is 463 g/mol. The van der Waals surface area contributed by atoms with Gasteiger partial charge in [0.25, 0.3) is 10.0 Å². The van der Waals surface area contributed by atoms with Crippen LogP contribution < -0.4 is 9.04 Å². The molecular formula is C16H12Cl3N3O3S2. The molecule has 0 spiro atoms. The lowest BCUT2D eigenvalue weighted by molar-refractivity contribution is 0.415. The summed E-state index contributed by atoms with van der Waals surface area (Å²) in [7, 11) is -2.45. The number of ether oxygens (including phenoxy) is 1. The van der Waals surface area contributed by atoms with Crippen molar-refractivity contribution in [3.8, 4) is 5.75 Å². The second-order valence-corrected chi connectivity index (χ2v) is 9.31. The second-order valence-electron chi connectivity index (χ2n) is 5.28. The average Bonchev–Trinajstić information content (AvgIpc) is 3.06. The first-order chi connectivity index (χ1) is 12.8. The van der Waals surface area contributed by atoms with Gasteiger partial charge in [0.1, 0.15) is 15.8 Å². The van der Waals surface area contributed by atoms with Gasteiger partial charge in [-0.25, -0.2) is 8.42 Å². The van der Waals surface area contributed by atoms with Gasteiger partial charge in [0.05, 0.1) is 34.3 Å². The van der Waals surface area contributed by atoms with Crippen molar-refractivity contribution >= 4 is 62.0 Å². The van der Waals surface area contributed by atoms with Crippen LogP contribution in [0.4, 0.5) is 5.69 Å². The number of sulfonamides is 1. The van der Waals surface area contributed by atoms with E-state index in [4.69, 9.17) is 39.5 Å². The fourth-order valence-corrected chi connectivity index (χ4v) is 4.68. The Balaban J connectivity index is 2.09. The van der Waals surface area contributed by atoms with Crippen molar-refractivity contribution in [1.29, 1.82) is 0 Å². The maximum Gasteiger partial charge on any atom is 0.264 e. The van der Waals surface area contributed by atoms with Crippen molar-refractivity contribution in [3.05, 3.63) is 62.5 Å². The maximum absolute atomic E-state index is 13.3. The molecule has 0 aliphatic rings. The summed E-state index contributed by atoms with van der Waals surface area (Å²) in [5.74, 6) is 0.596. The van der Waals surface area contributed by atoms with Gasteiger partial charge in [-0.1, -0.05) is 39.3 Å². The maximum atomic E-state index is 13.3. The molecule has 0 aliphatic carbocycles. The molecular weight excluding hydrogens is 453 g/mol. The number of aromatic nitrogens is 2. The van der Waals surface area contributed by atoms with Crippen molar-refractivity contribution < 1.29 is 13.2 Å². The van der Waals surface area contributed by atoms with Gasteiger partial charge in [0.15, 0.2) is 0 Å². The largest absolute Gasteiger partial charge is 0.497 e. The number of methoxy groups -OCH3 is 1. The van der Waals surface area contributed by atoms with Crippen molar-refractivity contribution in [3.63, 3.8) is 0 Å². The predicted molar refractivity (Wildman–Crippen MR) is 108 cm³/mol. The molecule has 1 heterocycles. The quantitative estimate of drug-likeness (QED) is 0.519. The summed E-state index contributed by atoms with van der Waals surface area (Å²) < 4.78 is 37.0. The van der Waals surface area contributed by atoms with E-state index in [1.54, 1.807) is 24.3 Å². The van der Waals surface area contributed by atoms with Crippen molar-refractivity contribution in [2.75, 3.05) is 11.4 Å². The molecule has 0 aliphatic heterocycles. The summed E-state index contributed by atoms with van der Waals surface area (Å²) in [4.78, 5) is -0.00738. The number of anilines is 1. The van der Waals surface area contributed by atoms with Gasteiger partial charge in [0.2, 0.25) is 0 Å². The van der Waals surface area contributed by atoms with Crippen molar-refractivity contribution in [2.24, 2.45) is 0 Å². The Morgan fingerprint density at radius 2 is 1.78 bits per heavy atom. The number of benzene rings is 2. The Morgan fingerprint density at radius 3 is 2.33 bits per heavy atom. The Labute approximate surface area is 175 Å². The Kier molecular flexibility index (Phi) is 6.12. The standard InChI is InChI=1S/C16H12Cl3N3O3S2/c1-25-11-4-2-10(3-5-11)22(9-15-16(19)26-21-20-15)27(23,24)12-6-7-13(17)14(18)8-12/h2-8H,9H2,1H3. The zero-order valence-corrected chi connectivity index (χ0v) is 17.7. The van der Waals surface area contributed by atoms with Gasteiger partial charge in [-0.2, -0.15) is 0 Å². The molecule has 3 rings (SSSR count). The van der Waals surface area contributed by atoms with E-state index in [1.807, 2.05) is 0 Å². The number of hydrogen-bond acceptors (Lipinski definition) is 6. The topological polar surface area (TPSA) is 72.4 Å². The first-order valence-electron chi connectivity index (χ1n) is 7.41. The molecule has 0 saturated heterocycles. The van der Waals surface area contributed by atoms with Crippen LogP contribution in [0.15, 0.2) is 47.4 Å². The Bertz CT molecular complexity index is 1060. The summed E-state index contributed by atoms with van der Waals surface area (Å²) in [6.07, 6.45) is 0. The van der Waals surface area contributed by atoms with Crippen molar-refractivity contribution in [1.82, 2.24) is 9.59 Å². The van der Waals surface area contributed by atoms with E-state index in [0.29, 0.717) is 21.5 Å². The highest BCUT2D eigenvalue weighted by Gasteiger charge is 2.27. The smallest absolute Gasteiger partial charge is 0.264 e. The summed E-state index contributed by atoms with van der Waals surface area (Å²) in [6.45, 7) is -0.0930. The summed E-state index contributed by atoms with van der Waals surface area (Å²) in [5, 5.41) is 4.31. The minimum Gasteiger partial charge on any atom is -0.497 e. The molecule has 11 heteroatoms. The molecule has 2 aromatic carbocycles. The summed E-state index contributed by atoms with van der Waals surface area (Å²) in [6, 6.07) is 10.7. The van der Waals surface area contributed by atoms with Crippen LogP contribution >= 0.6 is 46.3 Å². The highest BCUT2D eigenvalue weighted by Crippen LogP contribution is 2.32. The molecule has 0 fully saturated rings. The molecule has 0 radical (unpaired) electrons. The fourth-order valence-electron chi connectivity index (χ4n) is 2.26. The van der Waals surface area contributed by atoms with Gasteiger partial charge in [-0.05, 0) is 42.5 Å². The van der Waals surface area contributed by atoms with Crippen LogP contribution in [0, 0.1) is 0 Å². The summed E-state index contributed by atoms with van der Waals surface area (Å²) in [5.41, 5.74) is 0.757. The molecule has 3 aromatic rings. The molecule has 0 unspecified atom stereocenters. The minimum atomic E-state index is -3.98. The number of nitrogens with zero attached hydrogens (tertiary/aromatic N) is 3. The van der Waals surface area contributed by atoms with E-state index in [-0.39, 0.29) is 21.5 Å². The zero-order valence-electron chi connectivity index (χ0n) is 13.8. The van der Waals surface area contributed by atoms with E-state index in [1.165, 1.54) is 29.6 Å². The second kappa shape index (κ2) is 8.20. The predicted octanol–water partition coefficient (Wildman–Crippen LogP) is 4.90. The lowest BCUT2D eigenvalue weighted by Crippen LogP contribution is -2.30. The summed E-state index contributed by atoms with van der Waals surface area (Å²) >= 11 is 19.0. The third kappa shape index (κ3) is 4.30. The normalized spacial score (nSPS) is 11.4. The van der Waals surface area contributed by atoms with Crippen LogP contribution in [0.5, 0.6) is 5.75 Å². The van der Waals surface area contributed by atoms with Crippen LogP contribution in [0.3, 0.4) is 0 Å². The van der Waals surface area contributed by atoms with Gasteiger partial charge in [-0.3, -0.25) is 4.31 Å². The third-order valence-corrected chi connectivity index (χ3v) is 7.14. The van der Waals surface area contributed by atoms with Gasteiger partial charge >= 0.3 is 0 Å². The fraction of sp³-hybridized carbons (Fsp3) is 0.125. The van der Waals surface area contributed by atoms with E-state index < -0.39 is 10.0 Å². The lowest BCUT2D eigenvalue weighted by atomic mass is 10.3. The van der Waals surface area contributed by atoms with Crippen LogP contribution in [-0.2, 0) is 16.6 Å². The molecule has 1 aromatic heterocycles. The molecule has 0 saturated carbocycles. The van der Waals surface area contributed by atoms with Crippen LogP contribution in [0.2, 0.25) is 14.4 Å². The molecule has 0 bridgehead atoms. The molecule has 0 atom stereocenters. The SMILES string of the molecule is COc1ccc(N(Cc2nnsc2Cl)S(=O)(=O)c2ccc(Cl)c(Cl)c2)cc1.